The van der Waals surface area contributed by atoms with Crippen LogP contribution in [0.4, 0.5) is 5.82 Å². The highest BCUT2D eigenvalue weighted by Crippen LogP contribution is 2.33. The summed E-state index contributed by atoms with van der Waals surface area (Å²) >= 11 is 0. The number of fused-ring (bicyclic) bond motifs is 1. The number of aliphatic hydroxyl groups is 2. The van der Waals surface area contributed by atoms with Crippen molar-refractivity contribution in [3.05, 3.63) is 18.6 Å². The van der Waals surface area contributed by atoms with Gasteiger partial charge in [0.05, 0.1) is 24.0 Å². The van der Waals surface area contributed by atoms with Crippen LogP contribution in [0.1, 0.15) is 18.9 Å². The second kappa shape index (κ2) is 3.68. The van der Waals surface area contributed by atoms with Gasteiger partial charge in [-0.3, -0.25) is 0 Å². The monoisotopic (exact) mass is 234 g/mol. The zero-order chi connectivity index (χ0) is 12.0. The van der Waals surface area contributed by atoms with Crippen LogP contribution in [0.3, 0.4) is 0 Å². The third-order valence-corrected chi connectivity index (χ3v) is 3.42. The molecule has 6 heteroatoms. The van der Waals surface area contributed by atoms with Gasteiger partial charge in [0.15, 0.2) is 5.82 Å². The first kappa shape index (κ1) is 10.5. The lowest BCUT2D eigenvalue weighted by Crippen LogP contribution is -2.26. The van der Waals surface area contributed by atoms with E-state index in [1.807, 2.05) is 10.6 Å². The number of rotatable bonds is 1. The Morgan fingerprint density at radius 2 is 2.12 bits per heavy atom. The number of hydrogen-bond acceptors (Lipinski definition) is 5. The number of anilines is 1. The molecule has 0 radical (unpaired) electrons. The molecule has 17 heavy (non-hydrogen) atoms. The van der Waals surface area contributed by atoms with Crippen LogP contribution in [0.15, 0.2) is 18.6 Å². The number of aromatic nitrogens is 3. The van der Waals surface area contributed by atoms with Crippen molar-refractivity contribution >= 4 is 16.9 Å². The van der Waals surface area contributed by atoms with Gasteiger partial charge in [0.25, 0.3) is 0 Å². The van der Waals surface area contributed by atoms with E-state index in [2.05, 4.69) is 9.97 Å². The van der Waals surface area contributed by atoms with Gasteiger partial charge in [0, 0.05) is 6.20 Å². The summed E-state index contributed by atoms with van der Waals surface area (Å²) in [5, 5.41) is 19.5. The smallest absolute Gasteiger partial charge is 0.151 e. The minimum Gasteiger partial charge on any atom is -0.390 e. The molecule has 0 aromatic carbocycles. The second-order valence-corrected chi connectivity index (χ2v) is 4.42. The molecule has 2 heterocycles. The van der Waals surface area contributed by atoms with E-state index < -0.39 is 12.2 Å². The highest BCUT2D eigenvalue weighted by atomic mass is 16.3. The molecule has 0 aliphatic heterocycles. The number of aliphatic hydroxyl groups excluding tert-OH is 2. The lowest BCUT2D eigenvalue weighted by atomic mass is 10.2. The summed E-state index contributed by atoms with van der Waals surface area (Å²) < 4.78 is 1.87. The third kappa shape index (κ3) is 1.49. The van der Waals surface area contributed by atoms with Gasteiger partial charge in [-0.05, 0) is 18.9 Å². The van der Waals surface area contributed by atoms with Gasteiger partial charge in [-0.2, -0.15) is 0 Å². The molecule has 6 nitrogen and oxygen atoms in total. The first-order valence-electron chi connectivity index (χ1n) is 5.61. The van der Waals surface area contributed by atoms with Crippen molar-refractivity contribution in [3.63, 3.8) is 0 Å². The maximum absolute atomic E-state index is 9.91. The number of nitrogens with zero attached hydrogens (tertiary/aromatic N) is 3. The molecule has 2 aromatic rings. The van der Waals surface area contributed by atoms with Crippen LogP contribution in [0.2, 0.25) is 0 Å². The van der Waals surface area contributed by atoms with Gasteiger partial charge in [-0.25, -0.2) is 9.97 Å². The topological polar surface area (TPSA) is 97.2 Å². The molecule has 4 N–H and O–H groups in total. The quantitative estimate of drug-likeness (QED) is 0.648. The molecule has 0 spiro atoms. The number of pyridine rings is 1. The van der Waals surface area contributed by atoms with Crippen molar-refractivity contribution < 1.29 is 10.2 Å². The zero-order valence-electron chi connectivity index (χ0n) is 9.19. The van der Waals surface area contributed by atoms with Crippen LogP contribution in [0, 0.1) is 0 Å². The average Bonchev–Trinajstić information content (AvgIpc) is 2.86. The Hall–Kier alpha value is -1.66. The van der Waals surface area contributed by atoms with Crippen molar-refractivity contribution in [2.24, 2.45) is 0 Å². The molecule has 90 valence electrons. The summed E-state index contributed by atoms with van der Waals surface area (Å²) in [6.07, 6.45) is 3.20. The molecular weight excluding hydrogens is 220 g/mol. The Bertz CT molecular complexity index is 553. The Morgan fingerprint density at radius 3 is 2.82 bits per heavy atom. The lowest BCUT2D eigenvalue weighted by Gasteiger charge is -2.18. The van der Waals surface area contributed by atoms with Crippen molar-refractivity contribution in [3.8, 4) is 0 Å². The van der Waals surface area contributed by atoms with E-state index in [1.165, 1.54) is 0 Å². The fourth-order valence-corrected chi connectivity index (χ4v) is 2.49. The van der Waals surface area contributed by atoms with Gasteiger partial charge in [0.1, 0.15) is 11.6 Å². The molecule has 2 aromatic heterocycles. The van der Waals surface area contributed by atoms with E-state index in [1.54, 1.807) is 12.5 Å². The molecule has 0 unspecified atom stereocenters. The van der Waals surface area contributed by atoms with Crippen LogP contribution >= 0.6 is 0 Å². The molecular formula is C11H14N4O2. The Kier molecular flexibility index (Phi) is 2.27. The van der Waals surface area contributed by atoms with E-state index in [0.29, 0.717) is 17.8 Å². The molecule has 1 fully saturated rings. The van der Waals surface area contributed by atoms with Crippen LogP contribution in [0.5, 0.6) is 0 Å². The van der Waals surface area contributed by atoms with Gasteiger partial charge >= 0.3 is 0 Å². The largest absolute Gasteiger partial charge is 0.390 e. The van der Waals surface area contributed by atoms with Crippen LogP contribution in [-0.2, 0) is 0 Å². The van der Waals surface area contributed by atoms with Gasteiger partial charge < -0.3 is 20.5 Å². The SMILES string of the molecule is Nc1nccc2c1ncn2[C@H]1CC[C@H](O)[C@@H]1O. The van der Waals surface area contributed by atoms with E-state index in [4.69, 9.17) is 5.73 Å². The average molecular weight is 234 g/mol. The molecule has 3 atom stereocenters. The summed E-state index contributed by atoms with van der Waals surface area (Å²) in [5.41, 5.74) is 7.21. The highest BCUT2D eigenvalue weighted by Gasteiger charge is 2.35. The molecule has 1 aliphatic rings. The fourth-order valence-electron chi connectivity index (χ4n) is 2.49. The molecule has 1 saturated carbocycles. The van der Waals surface area contributed by atoms with Crippen molar-refractivity contribution in [2.45, 2.75) is 31.1 Å². The maximum Gasteiger partial charge on any atom is 0.151 e. The standard InChI is InChI=1S/C11H14N4O2/c12-11-9-6(3-4-13-11)15(5-14-9)7-1-2-8(16)10(7)17/h3-5,7-8,10,16-17H,1-2H2,(H2,12,13)/t7-,8-,10+/m0/s1. The Labute approximate surface area is 97.7 Å². The summed E-state index contributed by atoms with van der Waals surface area (Å²) in [7, 11) is 0. The number of imidazole rings is 1. The third-order valence-electron chi connectivity index (χ3n) is 3.42. The van der Waals surface area contributed by atoms with Crippen LogP contribution in [0.25, 0.3) is 11.0 Å². The summed E-state index contributed by atoms with van der Waals surface area (Å²) in [6.45, 7) is 0. The predicted octanol–water partition coefficient (Wildman–Crippen LogP) is 0.0702. The minimum absolute atomic E-state index is 0.142. The second-order valence-electron chi connectivity index (χ2n) is 4.42. The predicted molar refractivity (Wildman–Crippen MR) is 62.2 cm³/mol. The Balaban J connectivity index is 2.10. The highest BCUT2D eigenvalue weighted by molar-refractivity contribution is 5.84. The normalized spacial score (nSPS) is 28.9. The van der Waals surface area contributed by atoms with Gasteiger partial charge in [-0.1, -0.05) is 0 Å². The maximum atomic E-state index is 9.91. The minimum atomic E-state index is -0.748. The number of nitrogens with two attached hydrogens (primary N) is 1. The van der Waals surface area contributed by atoms with Gasteiger partial charge in [0.2, 0.25) is 0 Å². The number of hydrogen-bond donors (Lipinski definition) is 3. The molecule has 0 amide bonds. The first-order valence-corrected chi connectivity index (χ1v) is 5.61. The van der Waals surface area contributed by atoms with Crippen LogP contribution in [-0.4, -0.2) is 37.0 Å². The lowest BCUT2D eigenvalue weighted by molar-refractivity contribution is 0.0242. The fraction of sp³-hybridized carbons (Fsp3) is 0.455. The van der Waals surface area contributed by atoms with E-state index in [0.717, 1.165) is 11.9 Å². The van der Waals surface area contributed by atoms with Crippen molar-refractivity contribution in [1.82, 2.24) is 14.5 Å². The van der Waals surface area contributed by atoms with Gasteiger partial charge in [-0.15, -0.1) is 0 Å². The molecule has 0 saturated heterocycles. The van der Waals surface area contributed by atoms with E-state index in [-0.39, 0.29) is 6.04 Å². The molecule has 3 rings (SSSR count). The first-order chi connectivity index (χ1) is 8.18. The van der Waals surface area contributed by atoms with Crippen molar-refractivity contribution in [1.29, 1.82) is 0 Å². The summed E-state index contributed by atoms with van der Waals surface area (Å²) in [6, 6.07) is 1.67. The van der Waals surface area contributed by atoms with Crippen molar-refractivity contribution in [2.75, 3.05) is 5.73 Å². The summed E-state index contributed by atoms with van der Waals surface area (Å²) in [4.78, 5) is 8.18. The molecule has 0 bridgehead atoms. The zero-order valence-corrected chi connectivity index (χ0v) is 9.19. The summed E-state index contributed by atoms with van der Waals surface area (Å²) in [5.74, 6) is 0.384. The number of nitrogen functional groups attached to an aromatic ring is 1. The van der Waals surface area contributed by atoms with E-state index >= 15 is 0 Å². The van der Waals surface area contributed by atoms with Crippen LogP contribution < -0.4 is 5.73 Å². The van der Waals surface area contributed by atoms with E-state index in [9.17, 15) is 10.2 Å². The Morgan fingerprint density at radius 1 is 1.29 bits per heavy atom. The molecule has 1 aliphatic carbocycles.